The van der Waals surface area contributed by atoms with Crippen molar-refractivity contribution in [2.75, 3.05) is 11.9 Å². The number of benzene rings is 1. The number of nitrogens with one attached hydrogen (secondary N) is 2. The van der Waals surface area contributed by atoms with E-state index < -0.39 is 5.60 Å². The summed E-state index contributed by atoms with van der Waals surface area (Å²) in [6.07, 6.45) is 0.585. The second kappa shape index (κ2) is 6.20. The monoisotopic (exact) mass is 314 g/mol. The molecule has 0 bridgehead atoms. The molecule has 0 unspecified atom stereocenters. The largest absolute Gasteiger partial charge is 0.388 e. The maximum atomic E-state index is 11.7. The molecule has 4 nitrogen and oxygen atoms in total. The van der Waals surface area contributed by atoms with Gasteiger partial charge in [0.25, 0.3) is 0 Å². The quantitative estimate of drug-likeness (QED) is 0.800. The average Bonchev–Trinajstić information content (AvgIpc) is 2.30. The van der Waals surface area contributed by atoms with Gasteiger partial charge in [0.2, 0.25) is 0 Å². The Morgan fingerprint density at radius 2 is 2.17 bits per heavy atom. The van der Waals surface area contributed by atoms with Crippen LogP contribution in [0.3, 0.4) is 0 Å². The molecule has 2 amide bonds. The van der Waals surface area contributed by atoms with Gasteiger partial charge in [0, 0.05) is 11.0 Å². The molecule has 1 aromatic carbocycles. The second-order valence-corrected chi connectivity index (χ2v) is 5.50. The standard InChI is InChI=1S/C13H19BrN2O2/c1-4-13(3,18)8-15-12(17)16-11-6-5-9(2)7-10(11)14/h5-7,18H,4,8H2,1-3H3,(H2,15,16,17)/t13-/m0/s1. The summed E-state index contributed by atoms with van der Waals surface area (Å²) in [5.41, 5.74) is 0.943. The van der Waals surface area contributed by atoms with Crippen LogP contribution in [0.25, 0.3) is 0 Å². The Morgan fingerprint density at radius 3 is 2.72 bits per heavy atom. The van der Waals surface area contributed by atoms with Gasteiger partial charge in [-0.3, -0.25) is 0 Å². The molecule has 0 fully saturated rings. The molecule has 1 aromatic rings. The lowest BCUT2D eigenvalue weighted by atomic mass is 10.0. The molecule has 0 spiro atoms. The van der Waals surface area contributed by atoms with E-state index in [4.69, 9.17) is 0 Å². The predicted molar refractivity (Wildman–Crippen MR) is 76.8 cm³/mol. The number of carbonyl (C=O) groups is 1. The van der Waals surface area contributed by atoms with E-state index in [1.807, 2.05) is 32.0 Å². The van der Waals surface area contributed by atoms with E-state index in [0.717, 1.165) is 10.0 Å². The van der Waals surface area contributed by atoms with Gasteiger partial charge in [-0.1, -0.05) is 13.0 Å². The normalized spacial score (nSPS) is 13.8. The molecule has 100 valence electrons. The molecule has 0 aliphatic heterocycles. The second-order valence-electron chi connectivity index (χ2n) is 4.64. The first-order valence-corrected chi connectivity index (χ1v) is 6.67. The smallest absolute Gasteiger partial charge is 0.319 e. The number of rotatable bonds is 4. The molecule has 0 saturated heterocycles. The van der Waals surface area contributed by atoms with Gasteiger partial charge in [0.15, 0.2) is 0 Å². The summed E-state index contributed by atoms with van der Waals surface area (Å²) in [6, 6.07) is 5.35. The molecule has 18 heavy (non-hydrogen) atoms. The van der Waals surface area contributed by atoms with E-state index in [0.29, 0.717) is 12.1 Å². The topological polar surface area (TPSA) is 61.4 Å². The van der Waals surface area contributed by atoms with Crippen molar-refractivity contribution < 1.29 is 9.90 Å². The molecule has 5 heteroatoms. The summed E-state index contributed by atoms with van der Waals surface area (Å²) in [6.45, 7) is 5.76. The lowest BCUT2D eigenvalue weighted by molar-refractivity contribution is 0.0587. The fourth-order valence-corrected chi connectivity index (χ4v) is 1.88. The summed E-state index contributed by atoms with van der Waals surface area (Å²) in [7, 11) is 0. The van der Waals surface area contributed by atoms with Crippen LogP contribution in [0.15, 0.2) is 22.7 Å². The SMILES string of the molecule is CC[C@](C)(O)CNC(=O)Nc1ccc(C)cc1Br. The van der Waals surface area contributed by atoms with Gasteiger partial charge in [-0.15, -0.1) is 0 Å². The Morgan fingerprint density at radius 1 is 1.50 bits per heavy atom. The molecule has 3 N–H and O–H groups in total. The number of carbonyl (C=O) groups excluding carboxylic acids is 1. The minimum absolute atomic E-state index is 0.221. The summed E-state index contributed by atoms with van der Waals surface area (Å²) < 4.78 is 0.833. The first kappa shape index (κ1) is 15.0. The number of aliphatic hydroxyl groups is 1. The molecular formula is C13H19BrN2O2. The Hall–Kier alpha value is -1.07. The van der Waals surface area contributed by atoms with Crippen molar-refractivity contribution in [1.82, 2.24) is 5.32 Å². The number of halogens is 1. The molecule has 0 aliphatic rings. The zero-order valence-electron chi connectivity index (χ0n) is 10.9. The number of anilines is 1. The van der Waals surface area contributed by atoms with Crippen LogP contribution in [0.4, 0.5) is 10.5 Å². The fourth-order valence-electron chi connectivity index (χ4n) is 1.28. The first-order chi connectivity index (χ1) is 8.34. The highest BCUT2D eigenvalue weighted by Crippen LogP contribution is 2.23. The van der Waals surface area contributed by atoms with Crippen molar-refractivity contribution in [2.24, 2.45) is 0 Å². The van der Waals surface area contributed by atoms with Crippen LogP contribution in [0.1, 0.15) is 25.8 Å². The predicted octanol–water partition coefficient (Wildman–Crippen LogP) is 3.04. The highest BCUT2D eigenvalue weighted by molar-refractivity contribution is 9.10. The third kappa shape index (κ3) is 4.66. The van der Waals surface area contributed by atoms with Crippen molar-refractivity contribution in [3.63, 3.8) is 0 Å². The highest BCUT2D eigenvalue weighted by Gasteiger charge is 2.18. The number of hydrogen-bond acceptors (Lipinski definition) is 2. The van der Waals surface area contributed by atoms with Gasteiger partial charge in [-0.2, -0.15) is 0 Å². The summed E-state index contributed by atoms with van der Waals surface area (Å²) >= 11 is 3.39. The molecule has 0 heterocycles. The Bertz CT molecular complexity index is 433. The van der Waals surface area contributed by atoms with Crippen LogP contribution in [-0.2, 0) is 0 Å². The van der Waals surface area contributed by atoms with Crippen molar-refractivity contribution in [1.29, 1.82) is 0 Å². The molecule has 0 aromatic heterocycles. The van der Waals surface area contributed by atoms with Gasteiger partial charge < -0.3 is 15.7 Å². The van der Waals surface area contributed by atoms with Crippen molar-refractivity contribution in [3.05, 3.63) is 28.2 Å². The Labute approximate surface area is 116 Å². The van der Waals surface area contributed by atoms with E-state index in [1.165, 1.54) is 0 Å². The van der Waals surface area contributed by atoms with Crippen LogP contribution in [0, 0.1) is 6.92 Å². The van der Waals surface area contributed by atoms with Crippen molar-refractivity contribution in [2.45, 2.75) is 32.8 Å². The van der Waals surface area contributed by atoms with E-state index in [2.05, 4.69) is 26.6 Å². The van der Waals surface area contributed by atoms with Crippen molar-refractivity contribution >= 4 is 27.6 Å². The number of hydrogen-bond donors (Lipinski definition) is 3. The third-order valence-electron chi connectivity index (χ3n) is 2.76. The fraction of sp³-hybridized carbons (Fsp3) is 0.462. The zero-order chi connectivity index (χ0) is 13.8. The van der Waals surface area contributed by atoms with E-state index in [-0.39, 0.29) is 12.6 Å². The molecule has 0 radical (unpaired) electrons. The summed E-state index contributed by atoms with van der Waals surface area (Å²) in [5.74, 6) is 0. The third-order valence-corrected chi connectivity index (χ3v) is 3.42. The van der Waals surface area contributed by atoms with Gasteiger partial charge in [0.1, 0.15) is 0 Å². The minimum atomic E-state index is -0.873. The summed E-state index contributed by atoms with van der Waals surface area (Å²) in [5, 5.41) is 15.1. The van der Waals surface area contributed by atoms with Crippen LogP contribution < -0.4 is 10.6 Å². The van der Waals surface area contributed by atoms with Crippen LogP contribution in [-0.4, -0.2) is 23.3 Å². The van der Waals surface area contributed by atoms with Gasteiger partial charge in [-0.25, -0.2) is 4.79 Å². The first-order valence-electron chi connectivity index (χ1n) is 5.87. The lowest BCUT2D eigenvalue weighted by Crippen LogP contribution is -2.41. The van der Waals surface area contributed by atoms with Gasteiger partial charge in [0.05, 0.1) is 11.3 Å². The number of urea groups is 1. The molecule has 1 rings (SSSR count). The van der Waals surface area contributed by atoms with Crippen LogP contribution >= 0.6 is 15.9 Å². The maximum Gasteiger partial charge on any atom is 0.319 e. The molecular weight excluding hydrogens is 296 g/mol. The van der Waals surface area contributed by atoms with Gasteiger partial charge >= 0.3 is 6.03 Å². The van der Waals surface area contributed by atoms with Gasteiger partial charge in [-0.05, 0) is 53.9 Å². The molecule has 0 saturated carbocycles. The average molecular weight is 315 g/mol. The number of amides is 2. The maximum absolute atomic E-state index is 11.7. The summed E-state index contributed by atoms with van der Waals surface area (Å²) in [4.78, 5) is 11.7. The zero-order valence-corrected chi connectivity index (χ0v) is 12.5. The van der Waals surface area contributed by atoms with Crippen molar-refractivity contribution in [3.8, 4) is 0 Å². The Balaban J connectivity index is 2.55. The minimum Gasteiger partial charge on any atom is -0.388 e. The molecule has 1 atom stereocenters. The Kier molecular flexibility index (Phi) is 5.16. The van der Waals surface area contributed by atoms with Crippen LogP contribution in [0.2, 0.25) is 0 Å². The highest BCUT2D eigenvalue weighted by atomic mass is 79.9. The van der Waals surface area contributed by atoms with E-state index in [1.54, 1.807) is 6.92 Å². The lowest BCUT2D eigenvalue weighted by Gasteiger charge is -2.21. The number of aryl methyl sites for hydroxylation is 1. The van der Waals surface area contributed by atoms with Crippen LogP contribution in [0.5, 0.6) is 0 Å². The molecule has 0 aliphatic carbocycles. The van der Waals surface area contributed by atoms with E-state index >= 15 is 0 Å². The van der Waals surface area contributed by atoms with E-state index in [9.17, 15) is 9.90 Å².